The van der Waals surface area contributed by atoms with Gasteiger partial charge in [0.1, 0.15) is 5.82 Å². The third-order valence-corrected chi connectivity index (χ3v) is 8.76. The van der Waals surface area contributed by atoms with Gasteiger partial charge in [0.15, 0.2) is 9.84 Å². The minimum Gasteiger partial charge on any atom is -0.346 e. The highest BCUT2D eigenvalue weighted by atomic mass is 32.2. The van der Waals surface area contributed by atoms with Crippen molar-refractivity contribution >= 4 is 38.5 Å². The Bertz CT molecular complexity index is 1800. The van der Waals surface area contributed by atoms with Gasteiger partial charge in [-0.25, -0.2) is 23.2 Å². The number of nitrogens with zero attached hydrogens (tertiary/aromatic N) is 6. The number of amides is 3. The zero-order valence-corrected chi connectivity index (χ0v) is 23.1. The summed E-state index contributed by atoms with van der Waals surface area (Å²) < 4.78 is 24.0. The summed E-state index contributed by atoms with van der Waals surface area (Å²) >= 11 is 0. The second-order valence-electron chi connectivity index (χ2n) is 10.4. The average molecular weight is 558 g/mol. The van der Waals surface area contributed by atoms with E-state index in [9.17, 15) is 18.0 Å². The molecule has 40 heavy (non-hydrogen) atoms. The molecule has 0 aromatic carbocycles. The van der Waals surface area contributed by atoms with E-state index >= 15 is 0 Å². The predicted molar refractivity (Wildman–Crippen MR) is 148 cm³/mol. The van der Waals surface area contributed by atoms with Crippen molar-refractivity contribution in [1.29, 1.82) is 0 Å². The van der Waals surface area contributed by atoms with Crippen molar-refractivity contribution in [2.24, 2.45) is 0 Å². The van der Waals surface area contributed by atoms with Gasteiger partial charge in [0.25, 0.3) is 5.91 Å². The molecule has 0 unspecified atom stereocenters. The van der Waals surface area contributed by atoms with Crippen molar-refractivity contribution in [3.63, 3.8) is 0 Å². The largest absolute Gasteiger partial charge is 0.346 e. The number of likely N-dealkylation sites (N-methyl/N-ethyl adjacent to an activating group) is 1. The first-order valence-electron chi connectivity index (χ1n) is 12.8. The number of aromatic nitrogens is 4. The Morgan fingerprint density at radius 2 is 1.82 bits per heavy atom. The summed E-state index contributed by atoms with van der Waals surface area (Å²) in [6.07, 6.45) is 6.13. The highest BCUT2D eigenvalue weighted by Crippen LogP contribution is 2.46. The van der Waals surface area contributed by atoms with Crippen molar-refractivity contribution in [3.8, 4) is 11.4 Å². The number of fused-ring (bicyclic) bond motifs is 1. The molecule has 1 saturated heterocycles. The fourth-order valence-electron chi connectivity index (χ4n) is 4.97. The summed E-state index contributed by atoms with van der Waals surface area (Å²) in [6, 6.07) is 12.4. The number of carbonyl (C=O) groups excluding carboxylic acids is 2. The van der Waals surface area contributed by atoms with Crippen molar-refractivity contribution in [3.05, 3.63) is 71.8 Å². The number of pyridine rings is 4. The molecular weight excluding hydrogens is 530 g/mol. The van der Waals surface area contributed by atoms with Crippen LogP contribution in [0.4, 0.5) is 10.6 Å². The average Bonchev–Trinajstić information content (AvgIpc) is 3.69. The fraction of sp³-hybridized carbons (Fsp3) is 0.286. The van der Waals surface area contributed by atoms with E-state index in [4.69, 9.17) is 9.97 Å². The van der Waals surface area contributed by atoms with Gasteiger partial charge in [-0.15, -0.1) is 0 Å². The Kier molecular flexibility index (Phi) is 6.02. The maximum atomic E-state index is 12.8. The van der Waals surface area contributed by atoms with E-state index in [0.29, 0.717) is 40.7 Å². The van der Waals surface area contributed by atoms with Gasteiger partial charge in [0.05, 0.1) is 57.4 Å². The number of aryl methyl sites for hydroxylation is 1. The molecule has 0 radical (unpaired) electrons. The van der Waals surface area contributed by atoms with Gasteiger partial charge in [-0.1, -0.05) is 6.07 Å². The summed E-state index contributed by atoms with van der Waals surface area (Å²) in [6.45, 7) is 2.33. The summed E-state index contributed by atoms with van der Waals surface area (Å²) in [5.74, 6) is 0.139. The SMILES string of the molecule is Cc1ncc(C(=O)NCc2cc3nc(-c4cccc(N5CC6(CC6)N(C)C5=O)n4)ccc3cn2)cc1S(C)(=O)=O. The topological polar surface area (TPSA) is 138 Å². The predicted octanol–water partition coefficient (Wildman–Crippen LogP) is 3.13. The number of sulfone groups is 1. The lowest BCUT2D eigenvalue weighted by molar-refractivity contribution is 0.0949. The molecule has 2 aliphatic rings. The van der Waals surface area contributed by atoms with E-state index in [1.165, 1.54) is 12.3 Å². The van der Waals surface area contributed by atoms with Crippen molar-refractivity contribution in [2.75, 3.05) is 24.7 Å². The molecule has 5 heterocycles. The van der Waals surface area contributed by atoms with Crippen molar-refractivity contribution in [1.82, 2.24) is 30.2 Å². The second kappa shape index (κ2) is 9.33. The molecule has 1 aliphatic carbocycles. The molecule has 6 rings (SSSR count). The van der Waals surface area contributed by atoms with E-state index in [1.54, 1.807) is 24.1 Å². The minimum absolute atomic E-state index is 0.0200. The first-order chi connectivity index (χ1) is 19.0. The Hall–Kier alpha value is -4.45. The van der Waals surface area contributed by atoms with Crippen LogP contribution in [0.25, 0.3) is 22.3 Å². The Morgan fingerprint density at radius 3 is 2.55 bits per heavy atom. The molecule has 12 heteroatoms. The first kappa shape index (κ1) is 25.8. The minimum atomic E-state index is -3.51. The van der Waals surface area contributed by atoms with Crippen LogP contribution in [0.1, 0.15) is 34.6 Å². The Morgan fingerprint density at radius 1 is 1.05 bits per heavy atom. The molecule has 4 aromatic rings. The monoisotopic (exact) mass is 557 g/mol. The molecule has 0 bridgehead atoms. The molecule has 3 amide bonds. The molecule has 1 spiro atoms. The number of urea groups is 1. The molecule has 4 aromatic heterocycles. The van der Waals surface area contributed by atoms with Gasteiger partial charge in [-0.2, -0.15) is 0 Å². The van der Waals surface area contributed by atoms with Crippen LogP contribution in [0.15, 0.2) is 59.8 Å². The highest BCUT2D eigenvalue weighted by Gasteiger charge is 2.56. The summed E-state index contributed by atoms with van der Waals surface area (Å²) in [5, 5.41) is 3.59. The maximum absolute atomic E-state index is 12.8. The quantitative estimate of drug-likeness (QED) is 0.382. The Labute approximate surface area is 231 Å². The number of hydrogen-bond acceptors (Lipinski definition) is 8. The van der Waals surface area contributed by atoms with E-state index in [1.807, 2.05) is 42.3 Å². The van der Waals surface area contributed by atoms with Crippen LogP contribution < -0.4 is 10.2 Å². The third-order valence-electron chi connectivity index (χ3n) is 7.54. The molecule has 1 N–H and O–H groups in total. The maximum Gasteiger partial charge on any atom is 0.326 e. The van der Waals surface area contributed by atoms with E-state index < -0.39 is 15.7 Å². The van der Waals surface area contributed by atoms with Gasteiger partial charge in [-0.05, 0) is 56.2 Å². The number of nitrogens with one attached hydrogen (secondary N) is 1. The van der Waals surface area contributed by atoms with Gasteiger partial charge in [-0.3, -0.25) is 19.7 Å². The molecule has 2 fully saturated rings. The van der Waals surface area contributed by atoms with E-state index in [-0.39, 0.29) is 28.6 Å². The van der Waals surface area contributed by atoms with Crippen LogP contribution in [0.2, 0.25) is 0 Å². The number of anilines is 1. The molecule has 204 valence electrons. The summed E-state index contributed by atoms with van der Waals surface area (Å²) in [4.78, 5) is 47.1. The lowest BCUT2D eigenvalue weighted by Crippen LogP contribution is -2.32. The normalized spacial score (nSPS) is 16.1. The fourth-order valence-corrected chi connectivity index (χ4v) is 5.90. The second-order valence-corrected chi connectivity index (χ2v) is 12.3. The number of rotatable bonds is 6. The molecule has 1 saturated carbocycles. The summed E-state index contributed by atoms with van der Waals surface area (Å²) in [5.41, 5.74) is 2.98. The van der Waals surface area contributed by atoms with Gasteiger partial charge in [0, 0.05) is 31.1 Å². The zero-order valence-electron chi connectivity index (χ0n) is 22.2. The van der Waals surface area contributed by atoms with Crippen LogP contribution in [0.3, 0.4) is 0 Å². The van der Waals surface area contributed by atoms with Crippen LogP contribution in [0.5, 0.6) is 0 Å². The smallest absolute Gasteiger partial charge is 0.326 e. The summed E-state index contributed by atoms with van der Waals surface area (Å²) in [7, 11) is -1.66. The van der Waals surface area contributed by atoms with E-state index in [2.05, 4.69) is 15.3 Å². The molecular formula is C28H27N7O4S. The third kappa shape index (κ3) is 4.64. The Balaban J connectivity index is 1.21. The van der Waals surface area contributed by atoms with Crippen LogP contribution >= 0.6 is 0 Å². The van der Waals surface area contributed by atoms with Crippen LogP contribution in [-0.2, 0) is 16.4 Å². The highest BCUT2D eigenvalue weighted by molar-refractivity contribution is 7.90. The lowest BCUT2D eigenvalue weighted by Gasteiger charge is -2.16. The standard InChI is InChI=1S/C28H27N7O4S/c1-17-24(40(3,38)39)11-19(14-29-17)26(36)31-15-20-12-23-18(13-30-20)7-8-22(32-23)21-5-4-6-25(33-21)35-16-28(9-10-28)34(2)27(35)37/h4-8,11-14H,9-10,15-16H2,1-3H3,(H,31,36). The zero-order chi connectivity index (χ0) is 28.2. The van der Waals surface area contributed by atoms with Crippen molar-refractivity contribution < 1.29 is 18.0 Å². The van der Waals surface area contributed by atoms with E-state index in [0.717, 1.165) is 24.5 Å². The van der Waals surface area contributed by atoms with Gasteiger partial charge in [0.2, 0.25) is 0 Å². The molecule has 1 aliphatic heterocycles. The first-order valence-corrected chi connectivity index (χ1v) is 14.7. The molecule has 0 atom stereocenters. The lowest BCUT2D eigenvalue weighted by atomic mass is 10.2. The molecule has 11 nitrogen and oxygen atoms in total. The van der Waals surface area contributed by atoms with Crippen LogP contribution in [0, 0.1) is 6.92 Å². The number of hydrogen-bond donors (Lipinski definition) is 1. The van der Waals surface area contributed by atoms with Gasteiger partial charge >= 0.3 is 6.03 Å². The van der Waals surface area contributed by atoms with Crippen LogP contribution in [-0.4, -0.2) is 70.6 Å². The van der Waals surface area contributed by atoms with Gasteiger partial charge < -0.3 is 10.2 Å². The van der Waals surface area contributed by atoms with Crippen molar-refractivity contribution in [2.45, 2.75) is 36.7 Å². The number of carbonyl (C=O) groups is 2.